The van der Waals surface area contributed by atoms with Crippen molar-refractivity contribution in [3.63, 3.8) is 0 Å². The number of H-pyrrole nitrogens is 1. The highest BCUT2D eigenvalue weighted by molar-refractivity contribution is 5.35. The molecule has 14 heavy (non-hydrogen) atoms. The predicted octanol–water partition coefficient (Wildman–Crippen LogP) is 0.594. The van der Waals surface area contributed by atoms with Crippen LogP contribution < -0.4 is 11.3 Å². The molecule has 1 fully saturated rings. The van der Waals surface area contributed by atoms with Gasteiger partial charge in [0.2, 0.25) is 0 Å². The number of nitrogen functional groups attached to an aromatic ring is 1. The molecule has 1 aliphatic heterocycles. The van der Waals surface area contributed by atoms with Gasteiger partial charge in [0.1, 0.15) is 11.8 Å². The van der Waals surface area contributed by atoms with Gasteiger partial charge in [-0.25, -0.2) is 5.10 Å². The van der Waals surface area contributed by atoms with E-state index in [0.717, 1.165) is 31.6 Å². The van der Waals surface area contributed by atoms with E-state index in [2.05, 4.69) is 10.2 Å². The van der Waals surface area contributed by atoms with Gasteiger partial charge in [-0.2, -0.15) is 5.10 Å². The van der Waals surface area contributed by atoms with E-state index >= 15 is 0 Å². The molecule has 3 N–H and O–H groups in total. The van der Waals surface area contributed by atoms with Crippen molar-refractivity contribution >= 4 is 5.69 Å². The van der Waals surface area contributed by atoms with E-state index in [4.69, 9.17) is 10.5 Å². The molecule has 0 radical (unpaired) electrons. The van der Waals surface area contributed by atoms with Gasteiger partial charge >= 0.3 is 0 Å². The SMILES string of the molecule is Nc1cc(C2CCCCO2)n[nH]c1=O. The van der Waals surface area contributed by atoms with Crippen LogP contribution in [0.3, 0.4) is 0 Å². The van der Waals surface area contributed by atoms with Crippen LogP contribution in [0.2, 0.25) is 0 Å². The first-order chi connectivity index (χ1) is 6.77. The summed E-state index contributed by atoms with van der Waals surface area (Å²) in [4.78, 5) is 11.0. The van der Waals surface area contributed by atoms with Gasteiger partial charge < -0.3 is 10.5 Å². The topological polar surface area (TPSA) is 81.0 Å². The van der Waals surface area contributed by atoms with Crippen molar-refractivity contribution in [2.45, 2.75) is 25.4 Å². The zero-order valence-electron chi connectivity index (χ0n) is 7.82. The number of nitrogens with two attached hydrogens (primary N) is 1. The molecule has 1 atom stereocenters. The highest BCUT2D eigenvalue weighted by Crippen LogP contribution is 2.25. The molecule has 2 heterocycles. The maximum atomic E-state index is 11.0. The van der Waals surface area contributed by atoms with Crippen molar-refractivity contribution in [3.8, 4) is 0 Å². The fraction of sp³-hybridized carbons (Fsp3) is 0.556. The van der Waals surface area contributed by atoms with Gasteiger partial charge in [0, 0.05) is 6.61 Å². The Morgan fingerprint density at radius 2 is 2.43 bits per heavy atom. The molecular formula is C9H13N3O2. The highest BCUT2D eigenvalue weighted by Gasteiger charge is 2.18. The van der Waals surface area contributed by atoms with Gasteiger partial charge in [-0.05, 0) is 25.3 Å². The van der Waals surface area contributed by atoms with E-state index in [1.54, 1.807) is 6.07 Å². The molecule has 1 aliphatic rings. The van der Waals surface area contributed by atoms with E-state index in [0.29, 0.717) is 0 Å². The molecule has 0 saturated carbocycles. The summed E-state index contributed by atoms with van der Waals surface area (Å²) in [5.41, 5.74) is 6.07. The molecule has 0 spiro atoms. The molecule has 1 unspecified atom stereocenters. The summed E-state index contributed by atoms with van der Waals surface area (Å²) in [5, 5.41) is 6.28. The second kappa shape index (κ2) is 3.79. The lowest BCUT2D eigenvalue weighted by Gasteiger charge is -2.21. The van der Waals surface area contributed by atoms with E-state index < -0.39 is 0 Å². The molecule has 0 amide bonds. The van der Waals surface area contributed by atoms with Crippen LogP contribution >= 0.6 is 0 Å². The highest BCUT2D eigenvalue weighted by atomic mass is 16.5. The van der Waals surface area contributed by atoms with Crippen LogP contribution in [-0.2, 0) is 4.74 Å². The number of nitrogens with zero attached hydrogens (tertiary/aromatic N) is 1. The van der Waals surface area contributed by atoms with Crippen molar-refractivity contribution in [1.82, 2.24) is 10.2 Å². The van der Waals surface area contributed by atoms with Crippen molar-refractivity contribution in [1.29, 1.82) is 0 Å². The van der Waals surface area contributed by atoms with Crippen molar-refractivity contribution < 1.29 is 4.74 Å². The third-order valence-corrected chi connectivity index (χ3v) is 2.36. The quantitative estimate of drug-likeness (QED) is 0.687. The third-order valence-electron chi connectivity index (χ3n) is 2.36. The summed E-state index contributed by atoms with van der Waals surface area (Å²) in [7, 11) is 0. The largest absolute Gasteiger partial charge is 0.394 e. The van der Waals surface area contributed by atoms with Crippen molar-refractivity contribution in [2.24, 2.45) is 0 Å². The lowest BCUT2D eigenvalue weighted by Crippen LogP contribution is -2.19. The summed E-state index contributed by atoms with van der Waals surface area (Å²) in [5.74, 6) is 0. The molecule has 1 aromatic rings. The van der Waals surface area contributed by atoms with Gasteiger partial charge in [0.15, 0.2) is 0 Å². The fourth-order valence-electron chi connectivity index (χ4n) is 1.58. The minimum Gasteiger partial charge on any atom is -0.394 e. The Kier molecular flexibility index (Phi) is 2.49. The number of hydrogen-bond acceptors (Lipinski definition) is 4. The van der Waals surface area contributed by atoms with Crippen LogP contribution in [-0.4, -0.2) is 16.8 Å². The number of hydrogen-bond donors (Lipinski definition) is 2. The molecule has 0 bridgehead atoms. The number of rotatable bonds is 1. The second-order valence-corrected chi connectivity index (χ2v) is 3.43. The molecule has 5 nitrogen and oxygen atoms in total. The summed E-state index contributed by atoms with van der Waals surface area (Å²) < 4.78 is 5.52. The van der Waals surface area contributed by atoms with Gasteiger partial charge in [0.25, 0.3) is 5.56 Å². The number of aromatic nitrogens is 2. The Labute approximate surface area is 81.3 Å². The molecule has 1 saturated heterocycles. The van der Waals surface area contributed by atoms with E-state index in [1.807, 2.05) is 0 Å². The van der Waals surface area contributed by atoms with Gasteiger partial charge in [0.05, 0.1) is 5.69 Å². The Morgan fingerprint density at radius 1 is 1.57 bits per heavy atom. The first kappa shape index (κ1) is 9.21. The Bertz CT molecular complexity index is 369. The normalized spacial score (nSPS) is 22.1. The summed E-state index contributed by atoms with van der Waals surface area (Å²) in [6, 6.07) is 1.59. The lowest BCUT2D eigenvalue weighted by atomic mass is 10.1. The molecule has 0 aromatic carbocycles. The zero-order chi connectivity index (χ0) is 9.97. The maximum Gasteiger partial charge on any atom is 0.287 e. The minimum atomic E-state index is -0.343. The Hall–Kier alpha value is -1.36. The average molecular weight is 195 g/mol. The van der Waals surface area contributed by atoms with Crippen LogP contribution in [0.15, 0.2) is 10.9 Å². The summed E-state index contributed by atoms with van der Waals surface area (Å²) in [6.07, 6.45) is 3.15. The Balaban J connectivity index is 2.22. The summed E-state index contributed by atoms with van der Waals surface area (Å²) >= 11 is 0. The van der Waals surface area contributed by atoms with E-state index in [-0.39, 0.29) is 17.4 Å². The molecule has 1 aromatic heterocycles. The molecule has 5 heteroatoms. The standard InChI is InChI=1S/C9H13N3O2/c10-6-5-7(11-12-9(6)13)8-3-1-2-4-14-8/h5,8H,1-4H2,(H2,10,11)(H,12,13). The Morgan fingerprint density at radius 3 is 3.07 bits per heavy atom. The minimum absolute atomic E-state index is 0.0112. The van der Waals surface area contributed by atoms with Crippen LogP contribution in [0.25, 0.3) is 0 Å². The first-order valence-corrected chi connectivity index (χ1v) is 4.74. The van der Waals surface area contributed by atoms with Gasteiger partial charge in [-0.15, -0.1) is 0 Å². The van der Waals surface area contributed by atoms with Gasteiger partial charge in [-0.3, -0.25) is 4.79 Å². The lowest BCUT2D eigenvalue weighted by molar-refractivity contribution is 0.0118. The molecule has 2 rings (SSSR count). The number of aromatic amines is 1. The summed E-state index contributed by atoms with van der Waals surface area (Å²) in [6.45, 7) is 0.755. The van der Waals surface area contributed by atoms with Crippen LogP contribution in [0.1, 0.15) is 31.1 Å². The van der Waals surface area contributed by atoms with Crippen molar-refractivity contribution in [3.05, 3.63) is 22.1 Å². The molecular weight excluding hydrogens is 182 g/mol. The van der Waals surface area contributed by atoms with Crippen molar-refractivity contribution in [2.75, 3.05) is 12.3 Å². The molecule has 0 aliphatic carbocycles. The second-order valence-electron chi connectivity index (χ2n) is 3.43. The smallest absolute Gasteiger partial charge is 0.287 e. The number of ether oxygens (including phenoxy) is 1. The van der Waals surface area contributed by atoms with E-state index in [1.165, 1.54) is 0 Å². The first-order valence-electron chi connectivity index (χ1n) is 4.74. The maximum absolute atomic E-state index is 11.0. The average Bonchev–Trinajstić information content (AvgIpc) is 2.23. The molecule has 76 valence electrons. The van der Waals surface area contributed by atoms with Crippen LogP contribution in [0, 0.1) is 0 Å². The van der Waals surface area contributed by atoms with Crippen LogP contribution in [0.4, 0.5) is 5.69 Å². The third kappa shape index (κ3) is 1.77. The predicted molar refractivity (Wildman–Crippen MR) is 51.8 cm³/mol. The zero-order valence-corrected chi connectivity index (χ0v) is 7.82. The fourth-order valence-corrected chi connectivity index (χ4v) is 1.58. The van der Waals surface area contributed by atoms with Crippen LogP contribution in [0.5, 0.6) is 0 Å². The van der Waals surface area contributed by atoms with Gasteiger partial charge in [-0.1, -0.05) is 0 Å². The number of nitrogens with one attached hydrogen (secondary N) is 1. The number of anilines is 1. The monoisotopic (exact) mass is 195 g/mol. The van der Waals surface area contributed by atoms with E-state index in [9.17, 15) is 4.79 Å².